The van der Waals surface area contributed by atoms with Crippen molar-refractivity contribution in [1.29, 1.82) is 0 Å². The Morgan fingerprint density at radius 3 is 2.54 bits per heavy atom. The zero-order valence-electron chi connectivity index (χ0n) is 8.29. The van der Waals surface area contributed by atoms with Crippen molar-refractivity contribution in [2.24, 2.45) is 15.7 Å². The van der Waals surface area contributed by atoms with Crippen molar-refractivity contribution >= 4 is 22.8 Å². The predicted molar refractivity (Wildman–Crippen MR) is 60.5 cm³/mol. The summed E-state index contributed by atoms with van der Waals surface area (Å²) in [5.74, 6) is 0.818. The van der Waals surface area contributed by atoms with E-state index in [-0.39, 0.29) is 0 Å². The van der Waals surface area contributed by atoms with Crippen molar-refractivity contribution < 1.29 is 0 Å². The highest BCUT2D eigenvalue weighted by molar-refractivity contribution is 8.13. The first-order chi connectivity index (χ1) is 6.22. The van der Waals surface area contributed by atoms with Crippen LogP contribution in [0.2, 0.25) is 0 Å². The molecule has 1 saturated carbocycles. The third-order valence-electron chi connectivity index (χ3n) is 2.18. The highest BCUT2D eigenvalue weighted by atomic mass is 32.2. The Kier molecular flexibility index (Phi) is 4.28. The Morgan fingerprint density at radius 2 is 2.00 bits per heavy atom. The lowest BCUT2D eigenvalue weighted by molar-refractivity contribution is 0.705. The van der Waals surface area contributed by atoms with Crippen molar-refractivity contribution in [2.75, 3.05) is 6.26 Å². The molecule has 74 valence electrons. The van der Waals surface area contributed by atoms with Gasteiger partial charge in [-0.25, -0.2) is 4.99 Å². The molecule has 0 amide bonds. The molecule has 4 heteroatoms. The maximum atomic E-state index is 5.58. The molecule has 0 aromatic rings. The molecular weight excluding hydrogens is 182 g/mol. The lowest BCUT2D eigenvalue weighted by Gasteiger charge is -2.02. The fourth-order valence-electron chi connectivity index (χ4n) is 1.53. The highest BCUT2D eigenvalue weighted by Gasteiger charge is 2.13. The average Bonchev–Trinajstić information content (AvgIpc) is 2.56. The standard InChI is InChI=1S/C9H17N3S/c1-7(12-9(10)13-2)11-8-5-3-4-6-8/h8H,3-6H2,1-2H3,(H2,10,11,12). The molecule has 1 fully saturated rings. The van der Waals surface area contributed by atoms with Crippen LogP contribution >= 0.6 is 11.8 Å². The average molecular weight is 199 g/mol. The predicted octanol–water partition coefficient (Wildman–Crippen LogP) is 2.03. The number of nitrogens with zero attached hydrogens (tertiary/aromatic N) is 2. The maximum absolute atomic E-state index is 5.58. The fourth-order valence-corrected chi connectivity index (χ4v) is 1.75. The molecule has 0 saturated heterocycles. The van der Waals surface area contributed by atoms with E-state index in [0.717, 1.165) is 5.84 Å². The van der Waals surface area contributed by atoms with E-state index < -0.39 is 0 Å². The summed E-state index contributed by atoms with van der Waals surface area (Å²) in [6.07, 6.45) is 6.96. The van der Waals surface area contributed by atoms with Gasteiger partial charge < -0.3 is 5.73 Å². The number of aliphatic imine (C=N–C) groups is 2. The monoisotopic (exact) mass is 199 g/mol. The molecule has 1 aliphatic carbocycles. The Balaban J connectivity index is 2.49. The highest BCUT2D eigenvalue weighted by Crippen LogP contribution is 2.21. The van der Waals surface area contributed by atoms with Crippen molar-refractivity contribution in [3.05, 3.63) is 0 Å². The summed E-state index contributed by atoms with van der Waals surface area (Å²) in [4.78, 5) is 8.67. The Morgan fingerprint density at radius 1 is 1.38 bits per heavy atom. The van der Waals surface area contributed by atoms with E-state index in [0.29, 0.717) is 11.2 Å². The zero-order valence-corrected chi connectivity index (χ0v) is 9.10. The number of rotatable bonds is 1. The Bertz CT molecular complexity index is 217. The summed E-state index contributed by atoms with van der Waals surface area (Å²) in [7, 11) is 0. The molecule has 1 aliphatic rings. The van der Waals surface area contributed by atoms with Crippen molar-refractivity contribution in [3.63, 3.8) is 0 Å². The van der Waals surface area contributed by atoms with Crippen LogP contribution in [-0.2, 0) is 0 Å². The molecule has 0 radical (unpaired) electrons. The van der Waals surface area contributed by atoms with Crippen LogP contribution in [0, 0.1) is 0 Å². The van der Waals surface area contributed by atoms with E-state index in [1.807, 2.05) is 13.2 Å². The van der Waals surface area contributed by atoms with Gasteiger partial charge in [0.05, 0.1) is 6.04 Å². The third-order valence-corrected chi connectivity index (χ3v) is 2.68. The molecule has 3 nitrogen and oxygen atoms in total. The van der Waals surface area contributed by atoms with Gasteiger partial charge in [0.15, 0.2) is 5.17 Å². The quantitative estimate of drug-likeness (QED) is 0.519. The molecule has 0 atom stereocenters. The van der Waals surface area contributed by atoms with Crippen LogP contribution in [-0.4, -0.2) is 23.3 Å². The van der Waals surface area contributed by atoms with Crippen LogP contribution in [0.15, 0.2) is 9.98 Å². The molecule has 0 aromatic heterocycles. The summed E-state index contributed by atoms with van der Waals surface area (Å²) >= 11 is 1.46. The van der Waals surface area contributed by atoms with Gasteiger partial charge in [0, 0.05) is 0 Å². The summed E-state index contributed by atoms with van der Waals surface area (Å²) in [5, 5.41) is 0.597. The molecular formula is C9H17N3S. The van der Waals surface area contributed by atoms with E-state index in [9.17, 15) is 0 Å². The first-order valence-corrected chi connectivity index (χ1v) is 5.87. The van der Waals surface area contributed by atoms with Crippen LogP contribution < -0.4 is 5.73 Å². The van der Waals surface area contributed by atoms with E-state index in [1.165, 1.54) is 37.4 Å². The Labute approximate surface area is 83.9 Å². The number of amidine groups is 2. The second kappa shape index (κ2) is 5.27. The smallest absolute Gasteiger partial charge is 0.160 e. The van der Waals surface area contributed by atoms with E-state index in [4.69, 9.17) is 5.73 Å². The van der Waals surface area contributed by atoms with Crippen molar-refractivity contribution in [2.45, 2.75) is 38.6 Å². The van der Waals surface area contributed by atoms with Crippen LogP contribution in [0.25, 0.3) is 0 Å². The molecule has 2 N–H and O–H groups in total. The molecule has 1 rings (SSSR count). The summed E-state index contributed by atoms with van der Waals surface area (Å²) in [5.41, 5.74) is 5.58. The summed E-state index contributed by atoms with van der Waals surface area (Å²) < 4.78 is 0. The molecule has 0 spiro atoms. The first kappa shape index (κ1) is 10.6. The SMILES string of the molecule is CSC(N)=NC(C)=NC1CCCC1. The van der Waals surface area contributed by atoms with Crippen LogP contribution in [0.1, 0.15) is 32.6 Å². The van der Waals surface area contributed by atoms with Gasteiger partial charge in [0.1, 0.15) is 5.84 Å². The van der Waals surface area contributed by atoms with Crippen molar-refractivity contribution in [1.82, 2.24) is 0 Å². The van der Waals surface area contributed by atoms with Gasteiger partial charge in [0.2, 0.25) is 0 Å². The largest absolute Gasteiger partial charge is 0.378 e. The summed E-state index contributed by atoms with van der Waals surface area (Å²) in [6, 6.07) is 0.499. The first-order valence-electron chi connectivity index (χ1n) is 4.65. The second-order valence-corrected chi connectivity index (χ2v) is 4.10. The maximum Gasteiger partial charge on any atom is 0.160 e. The Hall–Kier alpha value is -0.510. The van der Waals surface area contributed by atoms with Crippen LogP contribution in [0.4, 0.5) is 0 Å². The number of nitrogens with two attached hydrogens (primary N) is 1. The van der Waals surface area contributed by atoms with Gasteiger partial charge in [0.25, 0.3) is 0 Å². The molecule has 0 bridgehead atoms. The molecule has 0 aromatic carbocycles. The van der Waals surface area contributed by atoms with Crippen molar-refractivity contribution in [3.8, 4) is 0 Å². The summed E-state index contributed by atoms with van der Waals surface area (Å²) in [6.45, 7) is 1.92. The van der Waals surface area contributed by atoms with Gasteiger partial charge in [-0.2, -0.15) is 0 Å². The molecule has 13 heavy (non-hydrogen) atoms. The molecule has 0 aliphatic heterocycles. The van der Waals surface area contributed by atoms with Gasteiger partial charge >= 0.3 is 0 Å². The minimum atomic E-state index is 0.499. The second-order valence-electron chi connectivity index (χ2n) is 3.27. The van der Waals surface area contributed by atoms with Gasteiger partial charge in [-0.3, -0.25) is 4.99 Å². The van der Waals surface area contributed by atoms with Crippen LogP contribution in [0.3, 0.4) is 0 Å². The van der Waals surface area contributed by atoms with Gasteiger partial charge in [-0.05, 0) is 26.0 Å². The van der Waals surface area contributed by atoms with E-state index >= 15 is 0 Å². The van der Waals surface area contributed by atoms with Crippen LogP contribution in [0.5, 0.6) is 0 Å². The molecule has 0 unspecified atom stereocenters. The minimum absolute atomic E-state index is 0.499. The molecule has 0 heterocycles. The lowest BCUT2D eigenvalue weighted by Crippen LogP contribution is -2.09. The number of thioether (sulfide) groups is 1. The topological polar surface area (TPSA) is 50.7 Å². The minimum Gasteiger partial charge on any atom is -0.378 e. The fraction of sp³-hybridized carbons (Fsp3) is 0.778. The normalized spacial score (nSPS) is 21.1. The van der Waals surface area contributed by atoms with Gasteiger partial charge in [-0.15, -0.1) is 0 Å². The van der Waals surface area contributed by atoms with Gasteiger partial charge in [-0.1, -0.05) is 24.6 Å². The third kappa shape index (κ3) is 3.81. The number of hydrogen-bond acceptors (Lipinski definition) is 2. The van der Waals surface area contributed by atoms with E-state index in [2.05, 4.69) is 9.98 Å². The lowest BCUT2D eigenvalue weighted by atomic mass is 10.3. The van der Waals surface area contributed by atoms with E-state index in [1.54, 1.807) is 0 Å². The zero-order chi connectivity index (χ0) is 9.68. The number of hydrogen-bond donors (Lipinski definition) is 1.